The van der Waals surface area contributed by atoms with Crippen LogP contribution in [0.15, 0.2) is 35.1 Å². The number of hydrogen-bond donors (Lipinski definition) is 1. The zero-order valence-corrected chi connectivity index (χ0v) is 13.5. The molecule has 0 fully saturated rings. The van der Waals surface area contributed by atoms with Gasteiger partial charge in [-0.15, -0.1) is 0 Å². The van der Waals surface area contributed by atoms with Crippen molar-refractivity contribution in [2.75, 3.05) is 6.54 Å². The molecule has 0 unspecified atom stereocenters. The molecule has 1 aromatic heterocycles. The third kappa shape index (κ3) is 5.06. The van der Waals surface area contributed by atoms with Gasteiger partial charge in [0.2, 0.25) is 5.88 Å². The van der Waals surface area contributed by atoms with Crippen molar-refractivity contribution in [3.05, 3.63) is 46.6 Å². The normalized spacial score (nSPS) is 10.9. The van der Waals surface area contributed by atoms with Gasteiger partial charge in [-0.05, 0) is 40.5 Å². The molecule has 0 aliphatic heterocycles. The maximum atomic E-state index is 13.4. The van der Waals surface area contributed by atoms with Crippen molar-refractivity contribution >= 4 is 15.9 Å². The fraction of sp³-hybridized carbons (Fsp3) is 0.333. The van der Waals surface area contributed by atoms with Gasteiger partial charge in [-0.2, -0.15) is 0 Å². The van der Waals surface area contributed by atoms with Gasteiger partial charge in [-0.25, -0.2) is 9.37 Å². The molecule has 1 heterocycles. The van der Waals surface area contributed by atoms with E-state index >= 15 is 0 Å². The Morgan fingerprint density at radius 3 is 2.86 bits per heavy atom. The van der Waals surface area contributed by atoms with E-state index in [2.05, 4.69) is 45.1 Å². The molecule has 0 saturated carbocycles. The third-order valence-electron chi connectivity index (χ3n) is 2.63. The van der Waals surface area contributed by atoms with Gasteiger partial charge < -0.3 is 10.1 Å². The Labute approximate surface area is 131 Å². The summed E-state index contributed by atoms with van der Waals surface area (Å²) in [7, 11) is 0. The molecular weight excluding hydrogens is 337 g/mol. The van der Waals surface area contributed by atoms with E-state index < -0.39 is 0 Å². The van der Waals surface area contributed by atoms with Crippen molar-refractivity contribution in [1.29, 1.82) is 0 Å². The molecular formula is C15H17BrFN3O. The van der Waals surface area contributed by atoms with E-state index in [1.807, 2.05) is 0 Å². The number of halogens is 2. The van der Waals surface area contributed by atoms with Gasteiger partial charge in [0.25, 0.3) is 0 Å². The lowest BCUT2D eigenvalue weighted by molar-refractivity contribution is 0.450. The van der Waals surface area contributed by atoms with Crippen molar-refractivity contribution in [3.8, 4) is 11.6 Å². The van der Waals surface area contributed by atoms with E-state index in [0.29, 0.717) is 28.6 Å². The molecule has 2 rings (SSSR count). The molecule has 0 aliphatic carbocycles. The fourth-order valence-corrected chi connectivity index (χ4v) is 1.92. The lowest BCUT2D eigenvalue weighted by Crippen LogP contribution is -2.19. The van der Waals surface area contributed by atoms with E-state index in [9.17, 15) is 4.39 Å². The van der Waals surface area contributed by atoms with Gasteiger partial charge in [0.1, 0.15) is 11.6 Å². The van der Waals surface area contributed by atoms with Crippen molar-refractivity contribution in [3.63, 3.8) is 0 Å². The Morgan fingerprint density at radius 2 is 2.14 bits per heavy atom. The Morgan fingerprint density at radius 1 is 1.33 bits per heavy atom. The molecule has 0 atom stereocenters. The second kappa shape index (κ2) is 7.47. The topological polar surface area (TPSA) is 47.0 Å². The van der Waals surface area contributed by atoms with Crippen LogP contribution in [-0.4, -0.2) is 16.5 Å². The minimum absolute atomic E-state index is 0.348. The van der Waals surface area contributed by atoms with Crippen LogP contribution in [0.2, 0.25) is 0 Å². The minimum atomic E-state index is -0.379. The fourth-order valence-electron chi connectivity index (χ4n) is 1.67. The number of nitrogens with zero attached hydrogens (tertiary/aromatic N) is 2. The summed E-state index contributed by atoms with van der Waals surface area (Å²) in [5, 5.41) is 3.28. The van der Waals surface area contributed by atoms with Gasteiger partial charge in [-0.1, -0.05) is 13.8 Å². The second-order valence-corrected chi connectivity index (χ2v) is 5.91. The summed E-state index contributed by atoms with van der Waals surface area (Å²) in [5.74, 6) is 0.927. The maximum Gasteiger partial charge on any atom is 0.238 e. The first-order valence-electron chi connectivity index (χ1n) is 6.69. The van der Waals surface area contributed by atoms with Crippen molar-refractivity contribution < 1.29 is 9.13 Å². The van der Waals surface area contributed by atoms with Crippen molar-refractivity contribution in [2.45, 2.75) is 20.4 Å². The Bertz CT molecular complexity index is 607. The van der Waals surface area contributed by atoms with Gasteiger partial charge in [0.15, 0.2) is 0 Å². The first-order chi connectivity index (χ1) is 10.0. The largest absolute Gasteiger partial charge is 0.437 e. The van der Waals surface area contributed by atoms with Gasteiger partial charge in [0, 0.05) is 18.8 Å². The number of hydrogen-bond acceptors (Lipinski definition) is 4. The number of nitrogens with one attached hydrogen (secondary N) is 1. The number of rotatable bonds is 6. The molecule has 1 N–H and O–H groups in total. The van der Waals surface area contributed by atoms with E-state index in [1.165, 1.54) is 12.3 Å². The first-order valence-corrected chi connectivity index (χ1v) is 7.48. The van der Waals surface area contributed by atoms with Crippen LogP contribution >= 0.6 is 15.9 Å². The van der Waals surface area contributed by atoms with Gasteiger partial charge >= 0.3 is 0 Å². The molecule has 112 valence electrons. The molecule has 0 saturated heterocycles. The summed E-state index contributed by atoms with van der Waals surface area (Å²) in [5.41, 5.74) is 0.783. The zero-order valence-electron chi connectivity index (χ0n) is 11.9. The standard InChI is InChI=1S/C15H17BrFN3O/c1-10(2)6-18-7-11-8-19-9-15(20-11)21-12-3-4-13(16)14(17)5-12/h3-5,8-10,18H,6-7H2,1-2H3. The zero-order chi connectivity index (χ0) is 15.2. The maximum absolute atomic E-state index is 13.4. The Kier molecular flexibility index (Phi) is 5.64. The predicted molar refractivity (Wildman–Crippen MR) is 82.8 cm³/mol. The molecule has 0 spiro atoms. The van der Waals surface area contributed by atoms with Crippen LogP contribution in [-0.2, 0) is 6.54 Å². The van der Waals surface area contributed by atoms with Crippen LogP contribution in [0.3, 0.4) is 0 Å². The highest BCUT2D eigenvalue weighted by molar-refractivity contribution is 9.10. The number of benzene rings is 1. The second-order valence-electron chi connectivity index (χ2n) is 5.05. The molecule has 6 heteroatoms. The number of ether oxygens (including phenoxy) is 1. The minimum Gasteiger partial charge on any atom is -0.437 e. The molecule has 0 radical (unpaired) electrons. The predicted octanol–water partition coefficient (Wildman–Crippen LogP) is 3.92. The number of aromatic nitrogens is 2. The lowest BCUT2D eigenvalue weighted by Gasteiger charge is -2.08. The van der Waals surface area contributed by atoms with Gasteiger partial charge in [-0.3, -0.25) is 4.98 Å². The summed E-state index contributed by atoms with van der Waals surface area (Å²) in [6, 6.07) is 4.56. The van der Waals surface area contributed by atoms with E-state index in [1.54, 1.807) is 18.3 Å². The van der Waals surface area contributed by atoms with Crippen molar-refractivity contribution in [2.24, 2.45) is 5.92 Å². The molecule has 0 bridgehead atoms. The summed E-state index contributed by atoms with van der Waals surface area (Å²) in [6.07, 6.45) is 3.19. The van der Waals surface area contributed by atoms with Crippen LogP contribution in [0.1, 0.15) is 19.5 Å². The molecule has 4 nitrogen and oxygen atoms in total. The summed E-state index contributed by atoms with van der Waals surface area (Å²) in [4.78, 5) is 8.42. The average molecular weight is 354 g/mol. The molecule has 21 heavy (non-hydrogen) atoms. The van der Waals surface area contributed by atoms with Crippen LogP contribution in [0.25, 0.3) is 0 Å². The van der Waals surface area contributed by atoms with E-state index in [4.69, 9.17) is 4.74 Å². The smallest absolute Gasteiger partial charge is 0.238 e. The SMILES string of the molecule is CC(C)CNCc1cncc(Oc2ccc(Br)c(F)c2)n1. The van der Waals surface area contributed by atoms with Crippen LogP contribution in [0, 0.1) is 11.7 Å². The summed E-state index contributed by atoms with van der Waals surface area (Å²) < 4.78 is 19.3. The van der Waals surface area contributed by atoms with Crippen molar-refractivity contribution in [1.82, 2.24) is 15.3 Å². The van der Waals surface area contributed by atoms with Crippen LogP contribution < -0.4 is 10.1 Å². The highest BCUT2D eigenvalue weighted by Crippen LogP contribution is 2.24. The Balaban J connectivity index is 2.01. The van der Waals surface area contributed by atoms with E-state index in [0.717, 1.165) is 12.2 Å². The molecule has 1 aromatic carbocycles. The third-order valence-corrected chi connectivity index (χ3v) is 3.28. The average Bonchev–Trinajstić information content (AvgIpc) is 2.43. The summed E-state index contributed by atoms with van der Waals surface area (Å²) >= 11 is 3.10. The summed E-state index contributed by atoms with van der Waals surface area (Å²) in [6.45, 7) is 5.81. The molecule has 0 aliphatic rings. The van der Waals surface area contributed by atoms with Gasteiger partial charge in [0.05, 0.1) is 16.4 Å². The monoisotopic (exact) mass is 353 g/mol. The van der Waals surface area contributed by atoms with Crippen LogP contribution in [0.4, 0.5) is 4.39 Å². The molecule has 0 amide bonds. The highest BCUT2D eigenvalue weighted by Gasteiger charge is 2.05. The quantitative estimate of drug-likeness (QED) is 0.854. The molecule has 2 aromatic rings. The van der Waals surface area contributed by atoms with Crippen LogP contribution in [0.5, 0.6) is 11.6 Å². The first kappa shape index (κ1) is 15.9. The highest BCUT2D eigenvalue weighted by atomic mass is 79.9. The van der Waals surface area contributed by atoms with E-state index in [-0.39, 0.29) is 5.82 Å². The lowest BCUT2D eigenvalue weighted by atomic mass is 10.2. The Hall–Kier alpha value is -1.53.